The van der Waals surface area contributed by atoms with Crippen LogP contribution in [0.4, 0.5) is 0 Å². The monoisotopic (exact) mass is 361 g/mol. The Morgan fingerprint density at radius 3 is 2.60 bits per heavy atom. The van der Waals surface area contributed by atoms with Crippen LogP contribution < -0.4 is 5.32 Å². The zero-order valence-corrected chi connectivity index (χ0v) is 16.4. The maximum atomic E-state index is 12.0. The van der Waals surface area contributed by atoms with Crippen molar-refractivity contribution in [1.82, 2.24) is 15.5 Å². The Labute approximate surface area is 154 Å². The van der Waals surface area contributed by atoms with Gasteiger partial charge in [0.25, 0.3) is 5.22 Å². The minimum absolute atomic E-state index is 0.00723. The lowest BCUT2D eigenvalue weighted by atomic mass is 10.0. The van der Waals surface area contributed by atoms with E-state index in [1.165, 1.54) is 22.9 Å². The Morgan fingerprint density at radius 1 is 1.16 bits per heavy atom. The molecule has 0 unspecified atom stereocenters. The van der Waals surface area contributed by atoms with Crippen molar-refractivity contribution in [2.45, 2.75) is 58.7 Å². The molecule has 0 saturated carbocycles. The smallest absolute Gasteiger partial charge is 0.277 e. The molecule has 2 aromatic rings. The number of hydrogen-bond donors (Lipinski definition) is 1. The van der Waals surface area contributed by atoms with Crippen LogP contribution in [0.5, 0.6) is 0 Å². The van der Waals surface area contributed by atoms with Gasteiger partial charge in [-0.3, -0.25) is 4.79 Å². The summed E-state index contributed by atoms with van der Waals surface area (Å²) in [7, 11) is 0. The highest BCUT2D eigenvalue weighted by Gasteiger charge is 2.13. The molecule has 0 radical (unpaired) electrons. The second-order valence-electron chi connectivity index (χ2n) is 6.90. The Hall–Kier alpha value is -1.82. The van der Waals surface area contributed by atoms with E-state index in [1.54, 1.807) is 0 Å². The summed E-state index contributed by atoms with van der Waals surface area (Å²) < 4.78 is 5.66. The Kier molecular flexibility index (Phi) is 7.05. The lowest BCUT2D eigenvalue weighted by Crippen LogP contribution is -2.34. The number of aryl methyl sites for hydroxylation is 2. The number of benzene rings is 1. The van der Waals surface area contributed by atoms with Gasteiger partial charge in [-0.05, 0) is 62.8 Å². The second-order valence-corrected chi connectivity index (χ2v) is 7.83. The fourth-order valence-corrected chi connectivity index (χ4v) is 2.93. The summed E-state index contributed by atoms with van der Waals surface area (Å²) in [6, 6.07) is 6.21. The van der Waals surface area contributed by atoms with Crippen LogP contribution in [0.25, 0.3) is 11.5 Å². The van der Waals surface area contributed by atoms with Crippen LogP contribution in [0.1, 0.15) is 44.7 Å². The Bertz CT molecular complexity index is 712. The fourth-order valence-electron chi connectivity index (χ4n) is 2.36. The van der Waals surface area contributed by atoms with Crippen LogP contribution in [0.3, 0.4) is 0 Å². The molecule has 25 heavy (non-hydrogen) atoms. The van der Waals surface area contributed by atoms with Crippen LogP contribution in [0, 0.1) is 19.8 Å². The Morgan fingerprint density at radius 2 is 1.92 bits per heavy atom. The maximum Gasteiger partial charge on any atom is 0.277 e. The number of aromatic nitrogens is 2. The highest BCUT2D eigenvalue weighted by molar-refractivity contribution is 7.99. The Balaban J connectivity index is 1.84. The van der Waals surface area contributed by atoms with Gasteiger partial charge in [0.15, 0.2) is 0 Å². The van der Waals surface area contributed by atoms with Gasteiger partial charge >= 0.3 is 0 Å². The van der Waals surface area contributed by atoms with Gasteiger partial charge < -0.3 is 9.73 Å². The van der Waals surface area contributed by atoms with Crippen LogP contribution >= 0.6 is 11.8 Å². The van der Waals surface area contributed by atoms with Crippen molar-refractivity contribution >= 4 is 17.7 Å². The van der Waals surface area contributed by atoms with E-state index in [-0.39, 0.29) is 17.7 Å². The predicted octanol–water partition coefficient (Wildman–Crippen LogP) is 4.39. The van der Waals surface area contributed by atoms with Crippen LogP contribution in [0.15, 0.2) is 27.8 Å². The number of rotatable bonds is 8. The third kappa shape index (κ3) is 6.20. The number of thioether (sulfide) groups is 1. The quantitative estimate of drug-likeness (QED) is 0.706. The number of carbonyl (C=O) groups is 1. The molecule has 1 heterocycles. The summed E-state index contributed by atoms with van der Waals surface area (Å²) in [6.45, 7) is 10.5. The van der Waals surface area contributed by atoms with Gasteiger partial charge in [0.2, 0.25) is 11.8 Å². The molecule has 2 rings (SSSR count). The minimum atomic E-state index is -0.00723. The summed E-state index contributed by atoms with van der Waals surface area (Å²) in [5, 5.41) is 11.5. The molecule has 0 fully saturated rings. The first-order valence-electron chi connectivity index (χ1n) is 8.68. The van der Waals surface area contributed by atoms with Gasteiger partial charge in [0.05, 0.1) is 5.75 Å². The van der Waals surface area contributed by atoms with Gasteiger partial charge in [0, 0.05) is 11.6 Å². The normalized spacial score (nSPS) is 12.4. The molecule has 0 bridgehead atoms. The van der Waals surface area contributed by atoms with Gasteiger partial charge in [-0.25, -0.2) is 0 Å². The average molecular weight is 362 g/mol. The van der Waals surface area contributed by atoms with E-state index in [4.69, 9.17) is 4.42 Å². The lowest BCUT2D eigenvalue weighted by molar-refractivity contribution is -0.119. The zero-order valence-electron chi connectivity index (χ0n) is 15.6. The summed E-state index contributed by atoms with van der Waals surface area (Å²) >= 11 is 1.27. The minimum Gasteiger partial charge on any atom is -0.411 e. The molecule has 136 valence electrons. The highest BCUT2D eigenvalue weighted by atomic mass is 32.2. The molecule has 0 aliphatic rings. The van der Waals surface area contributed by atoms with Crippen molar-refractivity contribution in [3.05, 3.63) is 29.3 Å². The molecule has 0 aliphatic carbocycles. The van der Waals surface area contributed by atoms with Crippen molar-refractivity contribution < 1.29 is 9.21 Å². The summed E-state index contributed by atoms with van der Waals surface area (Å²) in [5.41, 5.74) is 3.30. The van der Waals surface area contributed by atoms with Crippen LogP contribution in [0.2, 0.25) is 0 Å². The molecule has 1 aromatic carbocycles. The van der Waals surface area contributed by atoms with Crippen molar-refractivity contribution in [1.29, 1.82) is 0 Å². The summed E-state index contributed by atoms with van der Waals surface area (Å²) in [4.78, 5) is 12.0. The molecule has 0 spiro atoms. The zero-order chi connectivity index (χ0) is 18.4. The molecular formula is C19H27N3O2S. The molecule has 1 atom stereocenters. The van der Waals surface area contributed by atoms with Gasteiger partial charge in [-0.2, -0.15) is 0 Å². The van der Waals surface area contributed by atoms with Crippen molar-refractivity contribution in [2.75, 3.05) is 5.75 Å². The molecule has 6 heteroatoms. The first kappa shape index (κ1) is 19.5. The number of nitrogens with one attached hydrogen (secondary N) is 1. The summed E-state index contributed by atoms with van der Waals surface area (Å²) in [5.74, 6) is 1.40. The molecule has 0 saturated heterocycles. The molecule has 1 N–H and O–H groups in total. The third-order valence-electron chi connectivity index (χ3n) is 4.07. The maximum absolute atomic E-state index is 12.0. The van der Waals surface area contributed by atoms with Crippen molar-refractivity contribution in [2.24, 2.45) is 5.92 Å². The van der Waals surface area contributed by atoms with Gasteiger partial charge in [0.1, 0.15) is 0 Å². The first-order chi connectivity index (χ1) is 11.8. The van der Waals surface area contributed by atoms with E-state index in [9.17, 15) is 4.79 Å². The first-order valence-corrected chi connectivity index (χ1v) is 9.67. The standard InChI is InChI=1S/C19H27N3O2S/c1-12(2)6-8-15(5)20-17(23)11-25-19-22-21-18(24-19)16-9-7-13(3)14(4)10-16/h7,9-10,12,15H,6,8,11H2,1-5H3,(H,20,23)/t15-/m0/s1. The third-order valence-corrected chi connectivity index (χ3v) is 4.89. The highest BCUT2D eigenvalue weighted by Crippen LogP contribution is 2.24. The molecular weight excluding hydrogens is 334 g/mol. The number of nitrogens with zero attached hydrogens (tertiary/aromatic N) is 2. The number of hydrogen-bond acceptors (Lipinski definition) is 5. The molecule has 1 amide bonds. The van der Waals surface area contributed by atoms with E-state index in [1.807, 2.05) is 25.1 Å². The molecule has 1 aromatic heterocycles. The SMILES string of the molecule is Cc1ccc(-c2nnc(SCC(=O)N[C@@H](C)CCC(C)C)o2)cc1C. The van der Waals surface area contributed by atoms with E-state index in [0.717, 1.165) is 18.4 Å². The van der Waals surface area contributed by atoms with E-state index in [2.05, 4.69) is 43.2 Å². The number of carbonyl (C=O) groups excluding carboxylic acids is 1. The number of amides is 1. The van der Waals surface area contributed by atoms with Gasteiger partial charge in [-0.15, -0.1) is 10.2 Å². The second kappa shape index (κ2) is 9.04. The van der Waals surface area contributed by atoms with E-state index < -0.39 is 0 Å². The largest absolute Gasteiger partial charge is 0.411 e. The topological polar surface area (TPSA) is 68.0 Å². The summed E-state index contributed by atoms with van der Waals surface area (Å²) in [6.07, 6.45) is 2.10. The lowest BCUT2D eigenvalue weighted by Gasteiger charge is -2.14. The van der Waals surface area contributed by atoms with Crippen molar-refractivity contribution in [3.63, 3.8) is 0 Å². The van der Waals surface area contributed by atoms with E-state index in [0.29, 0.717) is 17.0 Å². The van der Waals surface area contributed by atoms with Crippen LogP contribution in [-0.2, 0) is 4.79 Å². The predicted molar refractivity (Wildman–Crippen MR) is 102 cm³/mol. The van der Waals surface area contributed by atoms with Crippen molar-refractivity contribution in [3.8, 4) is 11.5 Å². The molecule has 5 nitrogen and oxygen atoms in total. The average Bonchev–Trinajstić information content (AvgIpc) is 3.02. The van der Waals surface area contributed by atoms with Crippen LogP contribution in [-0.4, -0.2) is 27.9 Å². The molecule has 0 aliphatic heterocycles. The van der Waals surface area contributed by atoms with Gasteiger partial charge in [-0.1, -0.05) is 31.7 Å². The fraction of sp³-hybridized carbons (Fsp3) is 0.526. The van der Waals surface area contributed by atoms with E-state index >= 15 is 0 Å².